The number of nitrogens with zero attached hydrogens (tertiary/aromatic N) is 1. The number of nitrogens with one attached hydrogen (secondary N) is 3. The minimum absolute atomic E-state index is 0.226. The zero-order valence-electron chi connectivity index (χ0n) is 15.4. The Morgan fingerprint density at radius 3 is 1.12 bits per heavy atom. The Hall–Kier alpha value is -1.75. The Bertz CT molecular complexity index is 366. The average molecular weight is 359 g/mol. The summed E-state index contributed by atoms with van der Waals surface area (Å²) in [5.74, 6) is -0.679. The van der Waals surface area contributed by atoms with E-state index in [2.05, 4.69) is 16.0 Å². The maximum atomic E-state index is 11.5. The number of carbonyl (C=O) groups excluding carboxylic acids is 3. The maximum absolute atomic E-state index is 11.5. The Kier molecular flexibility index (Phi) is 11.7. The molecule has 0 aromatic rings. The summed E-state index contributed by atoms with van der Waals surface area (Å²) in [5, 5.41) is 8.18. The van der Waals surface area contributed by atoms with Crippen LogP contribution in [0.25, 0.3) is 0 Å². The number of nitrogens with two attached hydrogens (primary N) is 3. The molecule has 0 unspecified atom stereocenters. The van der Waals surface area contributed by atoms with E-state index in [0.29, 0.717) is 39.3 Å². The first-order chi connectivity index (χ1) is 11.6. The van der Waals surface area contributed by atoms with E-state index in [4.69, 9.17) is 17.2 Å². The van der Waals surface area contributed by atoms with Crippen molar-refractivity contribution in [2.75, 3.05) is 39.3 Å². The van der Waals surface area contributed by atoms with Crippen molar-refractivity contribution in [1.82, 2.24) is 20.9 Å². The van der Waals surface area contributed by atoms with Gasteiger partial charge in [-0.2, -0.15) is 0 Å². The van der Waals surface area contributed by atoms with Crippen LogP contribution in [0.5, 0.6) is 0 Å². The van der Waals surface area contributed by atoms with Crippen LogP contribution in [0, 0.1) is 0 Å². The summed E-state index contributed by atoms with van der Waals surface area (Å²) in [6.45, 7) is 7.76. The van der Waals surface area contributed by atoms with E-state index >= 15 is 0 Å². The molecule has 3 atom stereocenters. The van der Waals surface area contributed by atoms with Crippen LogP contribution in [-0.4, -0.2) is 80.0 Å². The van der Waals surface area contributed by atoms with Crippen molar-refractivity contribution in [2.24, 2.45) is 17.2 Å². The van der Waals surface area contributed by atoms with Crippen LogP contribution < -0.4 is 33.2 Å². The van der Waals surface area contributed by atoms with Gasteiger partial charge < -0.3 is 33.2 Å². The van der Waals surface area contributed by atoms with E-state index in [9.17, 15) is 14.4 Å². The van der Waals surface area contributed by atoms with Crippen molar-refractivity contribution in [3.05, 3.63) is 0 Å². The van der Waals surface area contributed by atoms with Crippen LogP contribution in [0.1, 0.15) is 20.8 Å². The molecule has 0 aliphatic rings. The summed E-state index contributed by atoms with van der Waals surface area (Å²) in [6, 6.07) is -1.70. The first-order valence-electron chi connectivity index (χ1n) is 8.47. The van der Waals surface area contributed by atoms with E-state index < -0.39 is 18.1 Å². The summed E-state index contributed by atoms with van der Waals surface area (Å²) >= 11 is 0. The molecule has 0 aromatic heterocycles. The second kappa shape index (κ2) is 12.6. The lowest BCUT2D eigenvalue weighted by Crippen LogP contribution is -2.47. The standard InChI is InChI=1S/C15H33N7O3/c1-10(16)13(23)19-4-7-22(8-5-20-14(24)11(2)17)9-6-21-15(25)12(3)18/h10-12H,4-9,16-18H2,1-3H3,(H,19,23)(H,20,24)(H,21,25)/t10-,11-,12-/m0/s1. The molecule has 0 spiro atoms. The lowest BCUT2D eigenvalue weighted by Gasteiger charge is -2.23. The molecule has 0 rings (SSSR count). The van der Waals surface area contributed by atoms with E-state index in [1.165, 1.54) is 0 Å². The summed E-state index contributed by atoms with van der Waals surface area (Å²) in [7, 11) is 0. The van der Waals surface area contributed by atoms with Crippen molar-refractivity contribution in [2.45, 2.75) is 38.9 Å². The first-order valence-corrected chi connectivity index (χ1v) is 8.47. The van der Waals surface area contributed by atoms with Crippen LogP contribution in [0.2, 0.25) is 0 Å². The number of carbonyl (C=O) groups is 3. The third-order valence-electron chi connectivity index (χ3n) is 3.42. The van der Waals surface area contributed by atoms with Crippen molar-refractivity contribution in [1.29, 1.82) is 0 Å². The fourth-order valence-corrected chi connectivity index (χ4v) is 1.83. The molecule has 10 nitrogen and oxygen atoms in total. The summed E-state index contributed by atoms with van der Waals surface area (Å²) in [4.78, 5) is 36.5. The molecule has 0 aliphatic carbocycles. The van der Waals surface area contributed by atoms with Gasteiger partial charge in [-0.1, -0.05) is 0 Å². The Morgan fingerprint density at radius 1 is 0.680 bits per heavy atom. The molecule has 0 aromatic carbocycles. The second-order valence-electron chi connectivity index (χ2n) is 6.08. The molecule has 3 amide bonds. The van der Waals surface area contributed by atoms with Gasteiger partial charge in [0, 0.05) is 39.3 Å². The smallest absolute Gasteiger partial charge is 0.236 e. The lowest BCUT2D eigenvalue weighted by atomic mass is 10.3. The fraction of sp³-hybridized carbons (Fsp3) is 0.800. The Labute approximate surface area is 149 Å². The molecule has 0 heterocycles. The van der Waals surface area contributed by atoms with Crippen LogP contribution in [-0.2, 0) is 14.4 Å². The normalized spacial score (nSPS) is 14.5. The monoisotopic (exact) mass is 359 g/mol. The van der Waals surface area contributed by atoms with Crippen LogP contribution >= 0.6 is 0 Å². The van der Waals surface area contributed by atoms with Gasteiger partial charge in [0.15, 0.2) is 0 Å². The number of rotatable bonds is 12. The molecule has 10 heteroatoms. The van der Waals surface area contributed by atoms with Crippen molar-refractivity contribution < 1.29 is 14.4 Å². The predicted octanol–water partition coefficient (Wildman–Crippen LogP) is -3.32. The zero-order chi connectivity index (χ0) is 19.4. The van der Waals surface area contributed by atoms with Gasteiger partial charge in [0.2, 0.25) is 17.7 Å². The quantitative estimate of drug-likeness (QED) is 0.212. The SMILES string of the molecule is C[C@H](N)C(=O)NCCN(CCNC(=O)[C@H](C)N)CCNC(=O)[C@H](C)N. The third-order valence-corrected chi connectivity index (χ3v) is 3.42. The molecular weight excluding hydrogens is 326 g/mol. The van der Waals surface area contributed by atoms with Gasteiger partial charge >= 0.3 is 0 Å². The molecule has 146 valence electrons. The minimum Gasteiger partial charge on any atom is -0.353 e. The van der Waals surface area contributed by atoms with Crippen LogP contribution in [0.15, 0.2) is 0 Å². The highest BCUT2D eigenvalue weighted by Crippen LogP contribution is 1.88. The van der Waals surface area contributed by atoms with Gasteiger partial charge in [-0.05, 0) is 20.8 Å². The third kappa shape index (κ3) is 11.4. The molecule has 25 heavy (non-hydrogen) atoms. The van der Waals surface area contributed by atoms with Gasteiger partial charge in [-0.15, -0.1) is 0 Å². The van der Waals surface area contributed by atoms with Gasteiger partial charge in [0.05, 0.1) is 18.1 Å². The minimum atomic E-state index is -0.566. The summed E-state index contributed by atoms with van der Waals surface area (Å²) in [6.07, 6.45) is 0. The lowest BCUT2D eigenvalue weighted by molar-refractivity contribution is -0.122. The Morgan fingerprint density at radius 2 is 0.920 bits per heavy atom. The van der Waals surface area contributed by atoms with Crippen molar-refractivity contribution >= 4 is 17.7 Å². The van der Waals surface area contributed by atoms with Crippen LogP contribution in [0.3, 0.4) is 0 Å². The van der Waals surface area contributed by atoms with E-state index in [0.717, 1.165) is 0 Å². The zero-order valence-corrected chi connectivity index (χ0v) is 15.4. The summed E-state index contributed by atoms with van der Waals surface area (Å²) in [5.41, 5.74) is 16.5. The average Bonchev–Trinajstić information content (AvgIpc) is 2.53. The molecule has 0 bridgehead atoms. The molecule has 0 radical (unpaired) electrons. The molecule has 9 N–H and O–H groups in total. The maximum Gasteiger partial charge on any atom is 0.236 e. The topological polar surface area (TPSA) is 169 Å². The van der Waals surface area contributed by atoms with Gasteiger partial charge in [-0.25, -0.2) is 0 Å². The van der Waals surface area contributed by atoms with Crippen molar-refractivity contribution in [3.63, 3.8) is 0 Å². The Balaban J connectivity index is 4.31. The van der Waals surface area contributed by atoms with E-state index in [-0.39, 0.29) is 17.7 Å². The molecule has 0 aliphatic heterocycles. The number of amides is 3. The van der Waals surface area contributed by atoms with Gasteiger partial charge in [-0.3, -0.25) is 19.3 Å². The fourth-order valence-electron chi connectivity index (χ4n) is 1.83. The molecule has 0 fully saturated rings. The highest BCUT2D eigenvalue weighted by Gasteiger charge is 2.12. The van der Waals surface area contributed by atoms with E-state index in [1.54, 1.807) is 20.8 Å². The summed E-state index contributed by atoms with van der Waals surface area (Å²) < 4.78 is 0. The van der Waals surface area contributed by atoms with Crippen molar-refractivity contribution in [3.8, 4) is 0 Å². The number of hydrogen-bond acceptors (Lipinski definition) is 7. The predicted molar refractivity (Wildman–Crippen MR) is 96.4 cm³/mol. The van der Waals surface area contributed by atoms with Gasteiger partial charge in [0.25, 0.3) is 0 Å². The van der Waals surface area contributed by atoms with E-state index in [1.807, 2.05) is 4.90 Å². The first kappa shape index (κ1) is 23.2. The largest absolute Gasteiger partial charge is 0.353 e. The molecular formula is C15H33N7O3. The second-order valence-corrected chi connectivity index (χ2v) is 6.08. The molecule has 0 saturated carbocycles. The van der Waals surface area contributed by atoms with Gasteiger partial charge in [0.1, 0.15) is 0 Å². The highest BCUT2D eigenvalue weighted by atomic mass is 16.2. The highest BCUT2D eigenvalue weighted by molar-refractivity contribution is 5.81. The number of hydrogen-bond donors (Lipinski definition) is 6. The molecule has 0 saturated heterocycles. The van der Waals surface area contributed by atoms with Crippen LogP contribution in [0.4, 0.5) is 0 Å².